The van der Waals surface area contributed by atoms with Gasteiger partial charge in [-0.1, -0.05) is 12.1 Å². The van der Waals surface area contributed by atoms with Crippen LogP contribution in [0.1, 0.15) is 31.0 Å². The van der Waals surface area contributed by atoms with E-state index in [-0.39, 0.29) is 29.8 Å². The smallest absolute Gasteiger partial charge is 0.241 e. The fourth-order valence-corrected chi connectivity index (χ4v) is 3.70. The van der Waals surface area contributed by atoms with Crippen LogP contribution in [0, 0.1) is 5.82 Å². The maximum Gasteiger partial charge on any atom is 0.241 e. The summed E-state index contributed by atoms with van der Waals surface area (Å²) in [6.45, 7) is 1.46. The highest BCUT2D eigenvalue weighted by Gasteiger charge is 2.37. The SMILES string of the molecule is Nc1ncc(-c2ccc(F)cc2)c(C2CCCN2C(=O)C2CCNN2)n1. The molecule has 2 unspecified atom stereocenters. The number of hydrogen-bond acceptors (Lipinski definition) is 6. The average molecular weight is 356 g/mol. The van der Waals surface area contributed by atoms with Crippen LogP contribution in [-0.2, 0) is 4.79 Å². The standard InChI is InChI=1S/C18H21FN6O/c19-12-5-3-11(4-6-12)13-10-21-18(20)23-16(13)15-2-1-9-25(15)17(26)14-7-8-22-24-14/h3-6,10,14-15,22,24H,1-2,7-9H2,(H2,20,21,23). The van der Waals surface area contributed by atoms with Crippen molar-refractivity contribution in [1.29, 1.82) is 0 Å². The second-order valence-electron chi connectivity index (χ2n) is 6.64. The molecule has 2 fully saturated rings. The lowest BCUT2D eigenvalue weighted by atomic mass is 9.99. The van der Waals surface area contributed by atoms with Gasteiger partial charge in [0.1, 0.15) is 11.9 Å². The van der Waals surface area contributed by atoms with Crippen LogP contribution in [-0.4, -0.2) is 39.9 Å². The summed E-state index contributed by atoms with van der Waals surface area (Å²) in [4.78, 5) is 23.3. The summed E-state index contributed by atoms with van der Waals surface area (Å²) < 4.78 is 13.3. The number of nitrogens with one attached hydrogen (secondary N) is 2. The molecule has 4 rings (SSSR count). The van der Waals surface area contributed by atoms with Gasteiger partial charge in [-0.3, -0.25) is 10.2 Å². The van der Waals surface area contributed by atoms with Crippen LogP contribution < -0.4 is 16.6 Å². The van der Waals surface area contributed by atoms with Gasteiger partial charge in [0.25, 0.3) is 0 Å². The molecule has 8 heteroatoms. The topological polar surface area (TPSA) is 96.2 Å². The molecule has 2 aliphatic rings. The van der Waals surface area contributed by atoms with E-state index in [0.29, 0.717) is 6.54 Å². The third kappa shape index (κ3) is 3.13. The summed E-state index contributed by atoms with van der Waals surface area (Å²) in [5, 5.41) is 0. The van der Waals surface area contributed by atoms with E-state index in [2.05, 4.69) is 20.8 Å². The molecule has 2 aliphatic heterocycles. The molecule has 2 saturated heterocycles. The zero-order valence-corrected chi connectivity index (χ0v) is 14.3. The highest BCUT2D eigenvalue weighted by Crippen LogP contribution is 2.37. The molecule has 0 saturated carbocycles. The highest BCUT2D eigenvalue weighted by atomic mass is 19.1. The first-order valence-electron chi connectivity index (χ1n) is 8.80. The third-order valence-corrected chi connectivity index (χ3v) is 4.98. The quantitative estimate of drug-likeness (QED) is 0.769. The van der Waals surface area contributed by atoms with Gasteiger partial charge in [0.2, 0.25) is 11.9 Å². The van der Waals surface area contributed by atoms with Crippen molar-refractivity contribution in [3.05, 3.63) is 42.0 Å². The number of hydrazine groups is 1. The normalized spacial score (nSPS) is 22.7. The zero-order chi connectivity index (χ0) is 18.1. The Morgan fingerprint density at radius 1 is 1.27 bits per heavy atom. The third-order valence-electron chi connectivity index (χ3n) is 4.98. The number of carbonyl (C=O) groups is 1. The van der Waals surface area contributed by atoms with Gasteiger partial charge in [0, 0.05) is 24.8 Å². The molecule has 0 spiro atoms. The number of halogens is 1. The average Bonchev–Trinajstić information content (AvgIpc) is 3.34. The van der Waals surface area contributed by atoms with E-state index in [0.717, 1.165) is 42.6 Å². The van der Waals surface area contributed by atoms with Gasteiger partial charge in [-0.2, -0.15) is 0 Å². The minimum atomic E-state index is -0.302. The van der Waals surface area contributed by atoms with E-state index in [4.69, 9.17) is 5.73 Å². The Labute approximate surface area is 150 Å². The molecule has 2 atom stereocenters. The van der Waals surface area contributed by atoms with E-state index < -0.39 is 0 Å². The number of nitrogen functional groups attached to an aromatic ring is 1. The molecule has 1 aromatic carbocycles. The first-order chi connectivity index (χ1) is 12.6. The molecular weight excluding hydrogens is 335 g/mol. The van der Waals surface area contributed by atoms with Gasteiger partial charge in [-0.25, -0.2) is 19.8 Å². The molecule has 7 nitrogen and oxygen atoms in total. The van der Waals surface area contributed by atoms with E-state index >= 15 is 0 Å². The molecule has 1 aromatic heterocycles. The van der Waals surface area contributed by atoms with Crippen molar-refractivity contribution in [2.24, 2.45) is 0 Å². The number of rotatable bonds is 3. The zero-order valence-electron chi connectivity index (χ0n) is 14.3. The van der Waals surface area contributed by atoms with Crippen LogP contribution in [0.2, 0.25) is 0 Å². The first kappa shape index (κ1) is 16.9. The number of aromatic nitrogens is 2. The highest BCUT2D eigenvalue weighted by molar-refractivity contribution is 5.83. The van der Waals surface area contributed by atoms with Crippen LogP contribution >= 0.6 is 0 Å². The minimum Gasteiger partial charge on any atom is -0.368 e. The Morgan fingerprint density at radius 3 is 2.81 bits per heavy atom. The summed E-state index contributed by atoms with van der Waals surface area (Å²) >= 11 is 0. The minimum absolute atomic E-state index is 0.0692. The van der Waals surface area contributed by atoms with E-state index in [1.807, 2.05) is 4.90 Å². The number of amides is 1. The molecule has 136 valence electrons. The molecule has 2 aromatic rings. The fourth-order valence-electron chi connectivity index (χ4n) is 3.70. The lowest BCUT2D eigenvalue weighted by molar-refractivity contribution is -0.134. The van der Waals surface area contributed by atoms with Crippen LogP contribution in [0.4, 0.5) is 10.3 Å². The lowest BCUT2D eigenvalue weighted by Gasteiger charge is -2.28. The van der Waals surface area contributed by atoms with Crippen molar-refractivity contribution in [3.8, 4) is 11.1 Å². The molecule has 0 radical (unpaired) electrons. The van der Waals surface area contributed by atoms with Crippen molar-refractivity contribution < 1.29 is 9.18 Å². The fraction of sp³-hybridized carbons (Fsp3) is 0.389. The molecule has 0 aliphatic carbocycles. The maximum absolute atomic E-state index is 13.3. The van der Waals surface area contributed by atoms with E-state index in [1.165, 1.54) is 12.1 Å². The van der Waals surface area contributed by atoms with E-state index in [1.54, 1.807) is 18.3 Å². The van der Waals surface area contributed by atoms with Crippen molar-refractivity contribution in [2.45, 2.75) is 31.3 Å². The van der Waals surface area contributed by atoms with Crippen molar-refractivity contribution >= 4 is 11.9 Å². The Kier molecular flexibility index (Phi) is 4.52. The van der Waals surface area contributed by atoms with Crippen LogP contribution in [0.15, 0.2) is 30.5 Å². The number of likely N-dealkylation sites (tertiary alicyclic amines) is 1. The number of benzene rings is 1. The Bertz CT molecular complexity index is 806. The monoisotopic (exact) mass is 356 g/mol. The van der Waals surface area contributed by atoms with Crippen LogP contribution in [0.5, 0.6) is 0 Å². The van der Waals surface area contributed by atoms with Crippen LogP contribution in [0.3, 0.4) is 0 Å². The summed E-state index contributed by atoms with van der Waals surface area (Å²) in [5.41, 5.74) is 14.2. The van der Waals surface area contributed by atoms with Crippen molar-refractivity contribution in [1.82, 2.24) is 25.7 Å². The van der Waals surface area contributed by atoms with Gasteiger partial charge in [0.05, 0.1) is 11.7 Å². The second-order valence-corrected chi connectivity index (χ2v) is 6.64. The molecular formula is C18H21FN6O. The predicted molar refractivity (Wildman–Crippen MR) is 95.1 cm³/mol. The lowest BCUT2D eigenvalue weighted by Crippen LogP contribution is -2.45. The summed E-state index contributed by atoms with van der Waals surface area (Å²) in [7, 11) is 0. The number of hydrogen-bond donors (Lipinski definition) is 3. The largest absolute Gasteiger partial charge is 0.368 e. The summed E-state index contributed by atoms with van der Waals surface area (Å²) in [5.74, 6) is -0.0605. The van der Waals surface area contributed by atoms with Crippen molar-refractivity contribution in [2.75, 3.05) is 18.8 Å². The number of nitrogens with two attached hydrogens (primary N) is 1. The predicted octanol–water partition coefficient (Wildman–Crippen LogP) is 1.39. The second kappa shape index (κ2) is 6.97. The summed E-state index contributed by atoms with van der Waals surface area (Å²) in [6, 6.07) is 5.82. The van der Waals surface area contributed by atoms with E-state index in [9.17, 15) is 9.18 Å². The Hall–Kier alpha value is -2.58. The maximum atomic E-state index is 13.3. The molecule has 0 bridgehead atoms. The van der Waals surface area contributed by atoms with Crippen LogP contribution in [0.25, 0.3) is 11.1 Å². The molecule has 26 heavy (non-hydrogen) atoms. The van der Waals surface area contributed by atoms with Crippen molar-refractivity contribution in [3.63, 3.8) is 0 Å². The van der Waals surface area contributed by atoms with Gasteiger partial charge in [-0.05, 0) is 37.0 Å². The Balaban J connectivity index is 1.70. The first-order valence-corrected chi connectivity index (χ1v) is 8.80. The number of carbonyl (C=O) groups excluding carboxylic acids is 1. The van der Waals surface area contributed by atoms with Gasteiger partial charge in [-0.15, -0.1) is 0 Å². The van der Waals surface area contributed by atoms with Gasteiger partial charge >= 0.3 is 0 Å². The Morgan fingerprint density at radius 2 is 2.08 bits per heavy atom. The molecule has 1 amide bonds. The molecule has 4 N–H and O–H groups in total. The number of anilines is 1. The van der Waals surface area contributed by atoms with Gasteiger partial charge in [0.15, 0.2) is 0 Å². The molecule has 3 heterocycles. The number of nitrogens with zero attached hydrogens (tertiary/aromatic N) is 3. The summed E-state index contributed by atoms with van der Waals surface area (Å²) in [6.07, 6.45) is 4.14. The van der Waals surface area contributed by atoms with Gasteiger partial charge < -0.3 is 10.6 Å².